The number of benzene rings is 1. The van der Waals surface area contributed by atoms with Crippen LogP contribution in [-0.2, 0) is 10.4 Å². The van der Waals surface area contributed by atoms with Crippen LogP contribution in [0.15, 0.2) is 18.2 Å². The lowest BCUT2D eigenvalue weighted by atomic mass is 9.94. The summed E-state index contributed by atoms with van der Waals surface area (Å²) in [6, 6.07) is 6.00. The highest BCUT2D eigenvalue weighted by atomic mass is 32.3. The molecule has 3 N–H and O–H groups in total. The molecule has 0 radical (unpaired) electrons. The highest BCUT2D eigenvalue weighted by molar-refractivity contribution is 7.79. The third kappa shape index (κ3) is 6.58. The van der Waals surface area contributed by atoms with E-state index < -0.39 is 10.4 Å². The fourth-order valence-corrected chi connectivity index (χ4v) is 1.51. The number of hydrogen-bond donors (Lipinski definition) is 3. The van der Waals surface area contributed by atoms with Gasteiger partial charge in [-0.1, -0.05) is 45.9 Å². The first-order valence-electron chi connectivity index (χ1n) is 5.55. The summed E-state index contributed by atoms with van der Waals surface area (Å²) in [5.74, 6) is 1.25. The monoisotopic (exact) mass is 276 g/mol. The van der Waals surface area contributed by atoms with Crippen molar-refractivity contribution < 1.29 is 22.6 Å². The second-order valence-electron chi connectivity index (χ2n) is 4.54. The Morgan fingerprint density at radius 1 is 0.944 bits per heavy atom. The topological polar surface area (TPSA) is 94.8 Å². The zero-order valence-electron chi connectivity index (χ0n) is 11.0. The van der Waals surface area contributed by atoms with E-state index in [9.17, 15) is 5.11 Å². The van der Waals surface area contributed by atoms with Crippen LogP contribution < -0.4 is 0 Å². The summed E-state index contributed by atoms with van der Waals surface area (Å²) in [6.07, 6.45) is 0. The molecule has 0 aliphatic rings. The van der Waals surface area contributed by atoms with Gasteiger partial charge in [-0.3, -0.25) is 9.11 Å². The van der Waals surface area contributed by atoms with Crippen molar-refractivity contribution in [3.63, 3.8) is 0 Å². The summed E-state index contributed by atoms with van der Waals surface area (Å²) in [7, 11) is -4.67. The summed E-state index contributed by atoms with van der Waals surface area (Å²) in [4.78, 5) is 0. The predicted molar refractivity (Wildman–Crippen MR) is 70.5 cm³/mol. The maximum Gasteiger partial charge on any atom is 0.394 e. The van der Waals surface area contributed by atoms with Gasteiger partial charge in [0.1, 0.15) is 5.75 Å². The van der Waals surface area contributed by atoms with Gasteiger partial charge in [0, 0.05) is 0 Å². The minimum Gasteiger partial charge on any atom is -0.507 e. The SMILES string of the molecule is CC(C)c1cccc(C(C)C)c1O.O=S(=O)(O)O. The number of aromatic hydroxyl groups is 1. The van der Waals surface area contributed by atoms with Gasteiger partial charge in [-0.25, -0.2) is 0 Å². The van der Waals surface area contributed by atoms with Crippen LogP contribution in [0.4, 0.5) is 0 Å². The van der Waals surface area contributed by atoms with Crippen LogP contribution in [0.2, 0.25) is 0 Å². The van der Waals surface area contributed by atoms with Crippen molar-refractivity contribution in [3.05, 3.63) is 29.3 Å². The lowest BCUT2D eigenvalue weighted by molar-refractivity contribution is 0.381. The molecule has 5 nitrogen and oxygen atoms in total. The molecule has 18 heavy (non-hydrogen) atoms. The van der Waals surface area contributed by atoms with E-state index in [-0.39, 0.29) is 0 Å². The molecule has 0 heterocycles. The second-order valence-corrected chi connectivity index (χ2v) is 5.44. The van der Waals surface area contributed by atoms with Crippen LogP contribution in [0.25, 0.3) is 0 Å². The lowest BCUT2D eigenvalue weighted by Crippen LogP contribution is -1.94. The van der Waals surface area contributed by atoms with E-state index in [1.807, 2.05) is 18.2 Å². The van der Waals surface area contributed by atoms with Crippen LogP contribution in [0.1, 0.15) is 50.7 Å². The fraction of sp³-hybridized carbons (Fsp3) is 0.500. The van der Waals surface area contributed by atoms with E-state index in [0.717, 1.165) is 11.1 Å². The highest BCUT2D eigenvalue weighted by Gasteiger charge is 2.11. The largest absolute Gasteiger partial charge is 0.507 e. The Labute approximate surface area is 108 Å². The number of phenolic OH excluding ortho intramolecular Hbond substituents is 1. The van der Waals surface area contributed by atoms with Crippen LogP contribution in [0.5, 0.6) is 5.75 Å². The van der Waals surface area contributed by atoms with Crippen molar-refractivity contribution >= 4 is 10.4 Å². The first-order chi connectivity index (χ1) is 8.04. The van der Waals surface area contributed by atoms with Gasteiger partial charge in [0.15, 0.2) is 0 Å². The molecule has 0 aromatic heterocycles. The van der Waals surface area contributed by atoms with Crippen LogP contribution in [-0.4, -0.2) is 22.6 Å². The molecule has 6 heteroatoms. The molecule has 0 fully saturated rings. The van der Waals surface area contributed by atoms with E-state index in [1.165, 1.54) is 0 Å². The third-order valence-corrected chi connectivity index (χ3v) is 2.34. The van der Waals surface area contributed by atoms with Crippen molar-refractivity contribution in [1.82, 2.24) is 0 Å². The van der Waals surface area contributed by atoms with E-state index in [2.05, 4.69) is 27.7 Å². The van der Waals surface area contributed by atoms with E-state index >= 15 is 0 Å². The van der Waals surface area contributed by atoms with Gasteiger partial charge in [0.25, 0.3) is 0 Å². The Morgan fingerprint density at radius 3 is 1.44 bits per heavy atom. The van der Waals surface area contributed by atoms with Crippen molar-refractivity contribution in [3.8, 4) is 5.75 Å². The average Bonchev–Trinajstić information content (AvgIpc) is 2.14. The molecule has 0 aliphatic heterocycles. The number of hydrogen-bond acceptors (Lipinski definition) is 3. The molecule has 0 saturated heterocycles. The third-order valence-electron chi connectivity index (χ3n) is 2.34. The van der Waals surface area contributed by atoms with Crippen molar-refractivity contribution in [2.24, 2.45) is 0 Å². The Balaban J connectivity index is 0.000000494. The first-order valence-corrected chi connectivity index (χ1v) is 6.95. The number of para-hydroxylation sites is 1. The zero-order chi connectivity index (χ0) is 14.5. The van der Waals surface area contributed by atoms with Crippen LogP contribution >= 0.6 is 0 Å². The molecular formula is C12H20O5S. The van der Waals surface area contributed by atoms with E-state index in [4.69, 9.17) is 17.5 Å². The van der Waals surface area contributed by atoms with Crippen molar-refractivity contribution in [2.45, 2.75) is 39.5 Å². The molecule has 0 aliphatic carbocycles. The molecule has 0 spiro atoms. The van der Waals surface area contributed by atoms with Crippen molar-refractivity contribution in [1.29, 1.82) is 0 Å². The second kappa shape index (κ2) is 6.72. The van der Waals surface area contributed by atoms with E-state index in [0.29, 0.717) is 17.6 Å². The molecule has 0 amide bonds. The molecule has 0 unspecified atom stereocenters. The summed E-state index contributed by atoms with van der Waals surface area (Å²) in [6.45, 7) is 8.39. The van der Waals surface area contributed by atoms with Gasteiger partial charge < -0.3 is 5.11 Å². The minimum atomic E-state index is -4.67. The molecule has 0 saturated carbocycles. The van der Waals surface area contributed by atoms with Gasteiger partial charge in [-0.15, -0.1) is 0 Å². The number of phenols is 1. The standard InChI is InChI=1S/C12H18O.H2O4S/c1-8(2)10-6-5-7-11(9(3)4)12(10)13;1-5(2,3)4/h5-9,13H,1-4H3;(H2,1,2,3,4). The Morgan fingerprint density at radius 2 is 1.22 bits per heavy atom. The smallest absolute Gasteiger partial charge is 0.394 e. The average molecular weight is 276 g/mol. The highest BCUT2D eigenvalue weighted by Crippen LogP contribution is 2.32. The number of rotatable bonds is 2. The van der Waals surface area contributed by atoms with Gasteiger partial charge in [-0.05, 0) is 23.0 Å². The lowest BCUT2D eigenvalue weighted by Gasteiger charge is -2.14. The molecule has 104 valence electrons. The van der Waals surface area contributed by atoms with Crippen molar-refractivity contribution in [2.75, 3.05) is 0 Å². The fourth-order valence-electron chi connectivity index (χ4n) is 1.51. The molecule has 1 rings (SSSR count). The maximum atomic E-state index is 9.93. The Kier molecular flexibility index (Phi) is 6.31. The summed E-state index contributed by atoms with van der Waals surface area (Å²) >= 11 is 0. The molecular weight excluding hydrogens is 256 g/mol. The van der Waals surface area contributed by atoms with Gasteiger partial charge in [0.05, 0.1) is 0 Å². The molecule has 0 bridgehead atoms. The first kappa shape index (κ1) is 16.9. The van der Waals surface area contributed by atoms with Crippen LogP contribution in [0.3, 0.4) is 0 Å². The summed E-state index contributed by atoms with van der Waals surface area (Å²) < 4.78 is 31.6. The Bertz CT molecular complexity index is 443. The normalized spacial score (nSPS) is 11.3. The molecule has 1 aromatic rings. The summed E-state index contributed by atoms with van der Waals surface area (Å²) in [5, 5.41) is 9.93. The molecule has 0 atom stereocenters. The minimum absolute atomic E-state index is 0.388. The van der Waals surface area contributed by atoms with Gasteiger partial charge in [-0.2, -0.15) is 8.42 Å². The molecule has 1 aromatic carbocycles. The van der Waals surface area contributed by atoms with Gasteiger partial charge in [0.2, 0.25) is 0 Å². The predicted octanol–water partition coefficient (Wildman–Crippen LogP) is 2.99. The van der Waals surface area contributed by atoms with E-state index in [1.54, 1.807) is 0 Å². The maximum absolute atomic E-state index is 9.93. The quantitative estimate of drug-likeness (QED) is 0.722. The summed E-state index contributed by atoms with van der Waals surface area (Å²) in [5.41, 5.74) is 2.09. The Hall–Kier alpha value is -1.11. The van der Waals surface area contributed by atoms with Crippen LogP contribution in [0, 0.1) is 0 Å². The zero-order valence-corrected chi connectivity index (χ0v) is 11.8. The van der Waals surface area contributed by atoms with Gasteiger partial charge >= 0.3 is 10.4 Å².